The van der Waals surface area contributed by atoms with Crippen LogP contribution in [0.5, 0.6) is 0 Å². The summed E-state index contributed by atoms with van der Waals surface area (Å²) in [5.41, 5.74) is 3.60. The van der Waals surface area contributed by atoms with Crippen molar-refractivity contribution < 1.29 is 9.90 Å². The minimum Gasteiger partial charge on any atom is -0.477 e. The Morgan fingerprint density at radius 3 is 2.79 bits per heavy atom. The summed E-state index contributed by atoms with van der Waals surface area (Å²) in [6, 6.07) is 3.47. The zero-order valence-corrected chi connectivity index (χ0v) is 7.96. The van der Waals surface area contributed by atoms with E-state index in [4.69, 9.17) is 5.11 Å². The molecule has 2 N–H and O–H groups in total. The number of carboxylic acids is 1. The van der Waals surface area contributed by atoms with Crippen LogP contribution in [0.1, 0.15) is 21.7 Å². The number of fused-ring (bicyclic) bond motifs is 1. The summed E-state index contributed by atoms with van der Waals surface area (Å²) < 4.78 is 0. The number of nitrogens with one attached hydrogen (secondary N) is 1. The highest BCUT2D eigenvalue weighted by Gasteiger charge is 2.09. The van der Waals surface area contributed by atoms with Crippen LogP contribution in [-0.4, -0.2) is 21.0 Å². The molecule has 0 saturated heterocycles. The van der Waals surface area contributed by atoms with Gasteiger partial charge in [-0.1, -0.05) is 0 Å². The Labute approximate surface area is 80.6 Å². The number of aromatic nitrogens is 2. The van der Waals surface area contributed by atoms with Crippen LogP contribution in [0.15, 0.2) is 12.1 Å². The van der Waals surface area contributed by atoms with Crippen molar-refractivity contribution in [3.63, 3.8) is 0 Å². The first-order chi connectivity index (χ1) is 6.58. The smallest absolute Gasteiger partial charge is 0.352 e. The van der Waals surface area contributed by atoms with Crippen LogP contribution in [0.25, 0.3) is 11.0 Å². The van der Waals surface area contributed by atoms with Gasteiger partial charge in [0.05, 0.1) is 11.0 Å². The fourth-order valence-corrected chi connectivity index (χ4v) is 1.56. The first-order valence-corrected chi connectivity index (χ1v) is 4.28. The fraction of sp³-hybridized carbons (Fsp3) is 0.200. The number of aromatic amines is 1. The Hall–Kier alpha value is -1.84. The zero-order valence-electron chi connectivity index (χ0n) is 7.96. The van der Waals surface area contributed by atoms with E-state index < -0.39 is 5.97 Å². The number of hydrogen-bond acceptors (Lipinski definition) is 2. The van der Waals surface area contributed by atoms with Crippen LogP contribution in [0.4, 0.5) is 0 Å². The molecule has 14 heavy (non-hydrogen) atoms. The summed E-state index contributed by atoms with van der Waals surface area (Å²) in [6.07, 6.45) is 0. The molecule has 0 saturated carbocycles. The third kappa shape index (κ3) is 1.25. The van der Waals surface area contributed by atoms with Crippen molar-refractivity contribution in [2.24, 2.45) is 0 Å². The van der Waals surface area contributed by atoms with Gasteiger partial charge >= 0.3 is 5.97 Å². The topological polar surface area (TPSA) is 66.0 Å². The molecule has 0 aliphatic carbocycles. The van der Waals surface area contributed by atoms with Gasteiger partial charge in [0.15, 0.2) is 0 Å². The number of carbonyl (C=O) groups is 1. The monoisotopic (exact) mass is 190 g/mol. The van der Waals surface area contributed by atoms with Gasteiger partial charge in [0.25, 0.3) is 0 Å². The highest BCUT2D eigenvalue weighted by molar-refractivity contribution is 5.93. The Morgan fingerprint density at radius 2 is 2.14 bits per heavy atom. The van der Waals surface area contributed by atoms with E-state index in [-0.39, 0.29) is 5.69 Å². The van der Waals surface area contributed by atoms with Gasteiger partial charge in [0.1, 0.15) is 5.69 Å². The van der Waals surface area contributed by atoms with Crippen molar-refractivity contribution >= 4 is 17.0 Å². The molecule has 72 valence electrons. The first-order valence-electron chi connectivity index (χ1n) is 4.28. The summed E-state index contributed by atoms with van der Waals surface area (Å²) in [4.78, 5) is 17.8. The van der Waals surface area contributed by atoms with Crippen LogP contribution >= 0.6 is 0 Å². The number of hydrogen-bond donors (Lipinski definition) is 2. The molecule has 4 nitrogen and oxygen atoms in total. The van der Waals surface area contributed by atoms with Crippen LogP contribution in [0.3, 0.4) is 0 Å². The van der Waals surface area contributed by atoms with Crippen molar-refractivity contribution in [3.8, 4) is 0 Å². The van der Waals surface area contributed by atoms with Crippen molar-refractivity contribution in [3.05, 3.63) is 29.1 Å². The standard InChI is InChI=1S/C10H10N2O2/c1-5-3-6(2)11-7-4-8(10(13)14)12-9(5)7/h3-4,12H,1-2H3,(H,13,14). The maximum absolute atomic E-state index is 10.7. The van der Waals surface area contributed by atoms with Crippen molar-refractivity contribution in [2.75, 3.05) is 0 Å². The number of carboxylic acid groups (broad SMARTS) is 1. The van der Waals surface area contributed by atoms with Gasteiger partial charge in [-0.05, 0) is 31.5 Å². The van der Waals surface area contributed by atoms with E-state index in [0.717, 1.165) is 16.8 Å². The van der Waals surface area contributed by atoms with E-state index in [1.807, 2.05) is 19.9 Å². The predicted octanol–water partition coefficient (Wildman–Crippen LogP) is 1.88. The SMILES string of the molecule is Cc1cc(C)c2[nH]c(C(=O)O)cc2n1. The Kier molecular flexibility index (Phi) is 1.77. The second kappa shape index (κ2) is 2.83. The number of aryl methyl sites for hydroxylation is 2. The molecule has 2 heterocycles. The van der Waals surface area contributed by atoms with Crippen LogP contribution < -0.4 is 0 Å². The van der Waals surface area contributed by atoms with E-state index in [1.165, 1.54) is 0 Å². The summed E-state index contributed by atoms with van der Waals surface area (Å²) >= 11 is 0. The average molecular weight is 190 g/mol. The molecular formula is C10H10N2O2. The fourth-order valence-electron chi connectivity index (χ4n) is 1.56. The lowest BCUT2D eigenvalue weighted by molar-refractivity contribution is 0.0691. The van der Waals surface area contributed by atoms with E-state index in [0.29, 0.717) is 5.52 Å². The lowest BCUT2D eigenvalue weighted by atomic mass is 10.2. The highest BCUT2D eigenvalue weighted by Crippen LogP contribution is 2.17. The van der Waals surface area contributed by atoms with Gasteiger partial charge in [-0.3, -0.25) is 4.98 Å². The highest BCUT2D eigenvalue weighted by atomic mass is 16.4. The van der Waals surface area contributed by atoms with Crippen LogP contribution in [0.2, 0.25) is 0 Å². The summed E-state index contributed by atoms with van der Waals surface area (Å²) in [7, 11) is 0. The number of rotatable bonds is 1. The third-order valence-electron chi connectivity index (χ3n) is 2.14. The molecular weight excluding hydrogens is 180 g/mol. The van der Waals surface area contributed by atoms with Crippen LogP contribution in [-0.2, 0) is 0 Å². The summed E-state index contributed by atoms with van der Waals surface area (Å²) in [5.74, 6) is -0.958. The molecule has 0 unspecified atom stereocenters. The quantitative estimate of drug-likeness (QED) is 0.721. The van der Waals surface area contributed by atoms with Gasteiger partial charge in [0.2, 0.25) is 0 Å². The summed E-state index contributed by atoms with van der Waals surface area (Å²) in [5, 5.41) is 8.79. The minimum absolute atomic E-state index is 0.182. The number of nitrogens with zero attached hydrogens (tertiary/aromatic N) is 1. The number of pyridine rings is 1. The van der Waals surface area contributed by atoms with Gasteiger partial charge in [-0.25, -0.2) is 4.79 Å². The minimum atomic E-state index is -0.958. The Bertz CT molecular complexity index is 514. The van der Waals surface area contributed by atoms with Crippen molar-refractivity contribution in [2.45, 2.75) is 13.8 Å². The molecule has 2 rings (SSSR count). The van der Waals surface area contributed by atoms with Gasteiger partial charge in [-0.2, -0.15) is 0 Å². The first kappa shape index (κ1) is 8.74. The number of aromatic carboxylic acids is 1. The average Bonchev–Trinajstić information content (AvgIpc) is 2.47. The van der Waals surface area contributed by atoms with E-state index >= 15 is 0 Å². The second-order valence-electron chi connectivity index (χ2n) is 3.33. The predicted molar refractivity (Wildman–Crippen MR) is 52.5 cm³/mol. The van der Waals surface area contributed by atoms with Crippen LogP contribution in [0, 0.1) is 13.8 Å². The molecule has 0 radical (unpaired) electrons. The molecule has 2 aromatic heterocycles. The molecule has 0 aromatic carbocycles. The molecule has 0 bridgehead atoms. The van der Waals surface area contributed by atoms with Gasteiger partial charge < -0.3 is 10.1 Å². The largest absolute Gasteiger partial charge is 0.477 e. The van der Waals surface area contributed by atoms with Gasteiger partial charge in [0, 0.05) is 5.69 Å². The molecule has 0 spiro atoms. The maximum Gasteiger partial charge on any atom is 0.352 e. The van der Waals surface area contributed by atoms with Crippen molar-refractivity contribution in [1.82, 2.24) is 9.97 Å². The third-order valence-corrected chi connectivity index (χ3v) is 2.14. The number of H-pyrrole nitrogens is 1. The normalized spacial score (nSPS) is 10.7. The molecule has 2 aromatic rings. The molecule has 0 aliphatic heterocycles. The van der Waals surface area contributed by atoms with E-state index in [1.54, 1.807) is 6.07 Å². The molecule has 0 aliphatic rings. The van der Waals surface area contributed by atoms with E-state index in [9.17, 15) is 4.79 Å². The Balaban J connectivity index is 2.76. The zero-order chi connectivity index (χ0) is 10.3. The maximum atomic E-state index is 10.7. The molecule has 0 fully saturated rings. The van der Waals surface area contributed by atoms with Crippen molar-refractivity contribution in [1.29, 1.82) is 0 Å². The molecule has 4 heteroatoms. The van der Waals surface area contributed by atoms with Gasteiger partial charge in [-0.15, -0.1) is 0 Å². The second-order valence-corrected chi connectivity index (χ2v) is 3.33. The Morgan fingerprint density at radius 1 is 1.43 bits per heavy atom. The van der Waals surface area contributed by atoms with E-state index in [2.05, 4.69) is 9.97 Å². The summed E-state index contributed by atoms with van der Waals surface area (Å²) in [6.45, 7) is 3.82. The molecule has 0 atom stereocenters. The lowest BCUT2D eigenvalue weighted by Gasteiger charge is -1.96. The lowest BCUT2D eigenvalue weighted by Crippen LogP contribution is -1.94. The molecule has 0 amide bonds.